The van der Waals surface area contributed by atoms with Crippen molar-refractivity contribution in [1.29, 1.82) is 0 Å². The van der Waals surface area contributed by atoms with Crippen LogP contribution in [0.5, 0.6) is 0 Å². The summed E-state index contributed by atoms with van der Waals surface area (Å²) < 4.78 is 60.3. The van der Waals surface area contributed by atoms with Gasteiger partial charge in [-0.15, -0.1) is 10.2 Å². The molecule has 0 aliphatic rings. The van der Waals surface area contributed by atoms with Gasteiger partial charge in [0.1, 0.15) is 0 Å². The fourth-order valence-corrected chi connectivity index (χ4v) is 3.72. The molecule has 0 bridgehead atoms. The fourth-order valence-electron chi connectivity index (χ4n) is 1.17. The van der Waals surface area contributed by atoms with E-state index in [-0.39, 0.29) is 21.3 Å². The van der Waals surface area contributed by atoms with Crippen molar-refractivity contribution in [1.82, 2.24) is 10.2 Å². The summed E-state index contributed by atoms with van der Waals surface area (Å²) in [7, 11) is -4.14. The van der Waals surface area contributed by atoms with E-state index in [4.69, 9.17) is 11.6 Å². The number of aromatic nitrogens is 2. The van der Waals surface area contributed by atoms with Crippen LogP contribution in [-0.4, -0.2) is 18.6 Å². The maximum absolute atomic E-state index is 12.3. The van der Waals surface area contributed by atoms with E-state index in [1.807, 2.05) is 0 Å². The number of nitrogens with zero attached hydrogens (tertiary/aromatic N) is 2. The van der Waals surface area contributed by atoms with Gasteiger partial charge in [-0.05, 0) is 18.2 Å². The van der Waals surface area contributed by atoms with Crippen molar-refractivity contribution >= 4 is 32.8 Å². The Bertz CT molecular complexity index is 712. The SMILES string of the molecule is O=S(=O)(c1cccc(Cl)c1)c1nnc(C(F)(F)F)s1. The van der Waals surface area contributed by atoms with E-state index in [1.54, 1.807) is 0 Å². The summed E-state index contributed by atoms with van der Waals surface area (Å²) >= 11 is 5.61. The first kappa shape index (κ1) is 14.2. The summed E-state index contributed by atoms with van der Waals surface area (Å²) in [5, 5.41) is 4.75. The van der Waals surface area contributed by atoms with Crippen LogP contribution in [0.15, 0.2) is 33.5 Å². The maximum atomic E-state index is 12.3. The molecular weight excluding hydrogens is 325 g/mol. The highest BCUT2D eigenvalue weighted by atomic mass is 35.5. The number of halogens is 4. The Hall–Kier alpha value is -1.19. The zero-order valence-corrected chi connectivity index (χ0v) is 11.2. The molecule has 10 heteroatoms. The lowest BCUT2D eigenvalue weighted by Crippen LogP contribution is -2.03. The monoisotopic (exact) mass is 328 g/mol. The van der Waals surface area contributed by atoms with Gasteiger partial charge in [-0.3, -0.25) is 0 Å². The van der Waals surface area contributed by atoms with E-state index < -0.39 is 25.4 Å². The molecule has 0 N–H and O–H groups in total. The third-order valence-corrected chi connectivity index (χ3v) is 5.31. The molecule has 0 aliphatic heterocycles. The van der Waals surface area contributed by atoms with E-state index in [0.717, 1.165) is 6.07 Å². The standard InChI is InChI=1S/C9H4ClF3N2O2S2/c10-5-2-1-3-6(4-5)19(16,17)8-15-14-7(18-8)9(11,12)13/h1-4H. The number of hydrogen-bond acceptors (Lipinski definition) is 5. The Kier molecular flexibility index (Phi) is 3.54. The third kappa shape index (κ3) is 2.88. The molecule has 0 radical (unpaired) electrons. The second-order valence-electron chi connectivity index (χ2n) is 3.33. The Morgan fingerprint density at radius 1 is 1.21 bits per heavy atom. The van der Waals surface area contributed by atoms with Crippen LogP contribution < -0.4 is 0 Å². The summed E-state index contributed by atoms with van der Waals surface area (Å²) in [6.07, 6.45) is -4.72. The summed E-state index contributed by atoms with van der Waals surface area (Å²) in [6, 6.07) is 5.17. The Morgan fingerprint density at radius 2 is 1.89 bits per heavy atom. The highest BCUT2D eigenvalue weighted by Crippen LogP contribution is 2.34. The van der Waals surface area contributed by atoms with Crippen molar-refractivity contribution in [3.05, 3.63) is 34.3 Å². The van der Waals surface area contributed by atoms with Crippen molar-refractivity contribution in [2.45, 2.75) is 15.4 Å². The molecule has 19 heavy (non-hydrogen) atoms. The fraction of sp³-hybridized carbons (Fsp3) is 0.111. The van der Waals surface area contributed by atoms with E-state index in [9.17, 15) is 21.6 Å². The van der Waals surface area contributed by atoms with Crippen LogP contribution in [-0.2, 0) is 16.0 Å². The molecule has 0 aliphatic carbocycles. The van der Waals surface area contributed by atoms with Crippen molar-refractivity contribution in [2.75, 3.05) is 0 Å². The lowest BCUT2D eigenvalue weighted by molar-refractivity contribution is -0.138. The number of rotatable bonds is 2. The highest BCUT2D eigenvalue weighted by Gasteiger charge is 2.37. The minimum absolute atomic E-state index is 0.0308. The van der Waals surface area contributed by atoms with E-state index >= 15 is 0 Å². The molecule has 2 rings (SSSR count). The predicted molar refractivity (Wildman–Crippen MR) is 61.8 cm³/mol. The maximum Gasteiger partial charge on any atom is 0.445 e. The predicted octanol–water partition coefficient (Wildman–Crippen LogP) is 3.04. The minimum atomic E-state index is -4.72. The lowest BCUT2D eigenvalue weighted by Gasteiger charge is -2.00. The molecule has 0 saturated carbocycles. The zero-order valence-electron chi connectivity index (χ0n) is 8.85. The van der Waals surface area contributed by atoms with Gasteiger partial charge in [0, 0.05) is 5.02 Å². The average Bonchev–Trinajstić information content (AvgIpc) is 2.78. The number of benzene rings is 1. The van der Waals surface area contributed by atoms with Crippen molar-refractivity contribution in [2.24, 2.45) is 0 Å². The molecule has 0 amide bonds. The van der Waals surface area contributed by atoms with Gasteiger partial charge >= 0.3 is 6.18 Å². The topological polar surface area (TPSA) is 59.9 Å². The quantitative estimate of drug-likeness (QED) is 0.850. The molecule has 4 nitrogen and oxygen atoms in total. The molecule has 2 aromatic rings. The molecule has 1 aromatic carbocycles. The molecule has 0 fully saturated rings. The van der Waals surface area contributed by atoms with Gasteiger partial charge in [-0.1, -0.05) is 29.0 Å². The molecular formula is C9H4ClF3N2O2S2. The first-order chi connectivity index (χ1) is 8.71. The van der Waals surface area contributed by atoms with E-state index in [0.29, 0.717) is 0 Å². The van der Waals surface area contributed by atoms with Crippen LogP contribution in [0.4, 0.5) is 13.2 Å². The largest absolute Gasteiger partial charge is 0.445 e. The molecule has 1 heterocycles. The smallest absolute Gasteiger partial charge is 0.216 e. The molecule has 102 valence electrons. The Balaban J connectivity index is 2.49. The average molecular weight is 329 g/mol. The first-order valence-corrected chi connectivity index (χ1v) is 7.30. The second-order valence-corrected chi connectivity index (χ2v) is 6.87. The van der Waals surface area contributed by atoms with Crippen molar-refractivity contribution in [3.63, 3.8) is 0 Å². The summed E-state index contributed by atoms with van der Waals surface area (Å²) in [5.74, 6) is 0. The summed E-state index contributed by atoms with van der Waals surface area (Å²) in [4.78, 5) is -0.232. The van der Waals surface area contributed by atoms with Crippen LogP contribution in [0, 0.1) is 0 Å². The van der Waals surface area contributed by atoms with Crippen LogP contribution in [0.3, 0.4) is 0 Å². The number of alkyl halides is 3. The first-order valence-electron chi connectivity index (χ1n) is 4.62. The number of hydrogen-bond donors (Lipinski definition) is 0. The second kappa shape index (κ2) is 4.73. The van der Waals surface area contributed by atoms with Crippen molar-refractivity contribution in [3.8, 4) is 0 Å². The summed E-state index contributed by atoms with van der Waals surface area (Å²) in [5.41, 5.74) is 0. The molecule has 0 saturated heterocycles. The van der Waals surface area contributed by atoms with Crippen LogP contribution in [0.25, 0.3) is 0 Å². The Labute approximate surface area is 114 Å². The molecule has 0 atom stereocenters. The van der Waals surface area contributed by atoms with Gasteiger partial charge in [0.25, 0.3) is 0 Å². The Morgan fingerprint density at radius 3 is 2.42 bits per heavy atom. The van der Waals surface area contributed by atoms with Gasteiger partial charge in [0.15, 0.2) is 0 Å². The van der Waals surface area contributed by atoms with Gasteiger partial charge < -0.3 is 0 Å². The minimum Gasteiger partial charge on any atom is -0.216 e. The molecule has 0 spiro atoms. The zero-order chi connectivity index (χ0) is 14.3. The van der Waals surface area contributed by atoms with Gasteiger partial charge in [-0.2, -0.15) is 13.2 Å². The van der Waals surface area contributed by atoms with Gasteiger partial charge in [-0.25, -0.2) is 8.42 Å². The highest BCUT2D eigenvalue weighted by molar-refractivity contribution is 7.93. The summed E-state index contributed by atoms with van der Waals surface area (Å²) in [6.45, 7) is 0. The molecule has 0 unspecified atom stereocenters. The van der Waals surface area contributed by atoms with Gasteiger partial charge in [0.2, 0.25) is 19.2 Å². The lowest BCUT2D eigenvalue weighted by atomic mass is 10.4. The normalized spacial score (nSPS) is 12.6. The van der Waals surface area contributed by atoms with Crippen LogP contribution in [0.1, 0.15) is 5.01 Å². The third-order valence-electron chi connectivity index (χ3n) is 1.99. The van der Waals surface area contributed by atoms with Crippen LogP contribution >= 0.6 is 22.9 Å². The van der Waals surface area contributed by atoms with Gasteiger partial charge in [0.05, 0.1) is 4.90 Å². The number of sulfone groups is 1. The van der Waals surface area contributed by atoms with Crippen molar-refractivity contribution < 1.29 is 21.6 Å². The molecule has 1 aromatic heterocycles. The van der Waals surface area contributed by atoms with E-state index in [1.165, 1.54) is 18.2 Å². The van der Waals surface area contributed by atoms with E-state index in [2.05, 4.69) is 10.2 Å². The van der Waals surface area contributed by atoms with Crippen LogP contribution in [0.2, 0.25) is 5.02 Å².